The monoisotopic (exact) mass is 499 g/mol. The van der Waals surface area contributed by atoms with Crippen LogP contribution < -0.4 is 10.6 Å². The van der Waals surface area contributed by atoms with Crippen molar-refractivity contribution in [3.63, 3.8) is 0 Å². The van der Waals surface area contributed by atoms with Gasteiger partial charge in [0.25, 0.3) is 11.8 Å². The Kier molecular flexibility index (Phi) is 6.84. The number of hydrogen-bond acceptors (Lipinski definition) is 5. The van der Waals surface area contributed by atoms with Crippen molar-refractivity contribution in [2.24, 2.45) is 0 Å². The molecule has 2 aromatic heterocycles. The van der Waals surface area contributed by atoms with E-state index < -0.39 is 11.8 Å². The molecule has 0 aliphatic rings. The van der Waals surface area contributed by atoms with Gasteiger partial charge >= 0.3 is 0 Å². The molecule has 0 aliphatic heterocycles. The number of hydrogen-bond donors (Lipinski definition) is 2. The Balaban J connectivity index is 2.04. The number of nitriles is 1. The summed E-state index contributed by atoms with van der Waals surface area (Å²) < 4.78 is 2.15. The van der Waals surface area contributed by atoms with Gasteiger partial charge < -0.3 is 15.4 Å². The van der Waals surface area contributed by atoms with Gasteiger partial charge in [-0.2, -0.15) is 5.26 Å². The van der Waals surface area contributed by atoms with Crippen LogP contribution in [0.1, 0.15) is 32.0 Å². The van der Waals surface area contributed by atoms with Crippen molar-refractivity contribution in [2.75, 3.05) is 11.9 Å². The van der Waals surface area contributed by atoms with Crippen molar-refractivity contribution in [2.45, 2.75) is 6.92 Å². The lowest BCUT2D eigenvalue weighted by Crippen LogP contribution is -2.27. The molecule has 0 fully saturated rings. The molecule has 0 aliphatic carbocycles. The summed E-state index contributed by atoms with van der Waals surface area (Å²) in [6.45, 7) is 1.47. The Morgan fingerprint density at radius 2 is 2.10 bits per heavy atom. The van der Waals surface area contributed by atoms with Crippen molar-refractivity contribution in [3.8, 4) is 11.9 Å². The summed E-state index contributed by atoms with van der Waals surface area (Å²) in [4.78, 5) is 40.5. The topological polar surface area (TPSA) is 117 Å². The normalized spacial score (nSPS) is 10.3. The number of pyridine rings is 1. The average molecular weight is 501 g/mol. The highest BCUT2D eigenvalue weighted by molar-refractivity contribution is 9.10. The van der Waals surface area contributed by atoms with Crippen LogP contribution in [0.2, 0.25) is 5.02 Å². The second-order valence-corrected chi connectivity index (χ2v) is 7.70. The number of nitrogens with one attached hydrogen (secondary N) is 2. The summed E-state index contributed by atoms with van der Waals surface area (Å²) in [6.07, 6.45) is 3.74. The smallest absolute Gasteiger partial charge is 0.272 e. The maximum atomic E-state index is 13.2. The molecule has 8 nitrogen and oxygen atoms in total. The Bertz CT molecular complexity index is 1230. The van der Waals surface area contributed by atoms with E-state index in [1.807, 2.05) is 6.07 Å². The fraction of sp³-hybridized carbons (Fsp3) is 0.0952. The summed E-state index contributed by atoms with van der Waals surface area (Å²) in [5.41, 5.74) is 1.27. The first-order chi connectivity index (χ1) is 14.8. The number of rotatable bonds is 6. The van der Waals surface area contributed by atoms with E-state index in [-0.39, 0.29) is 29.1 Å². The van der Waals surface area contributed by atoms with E-state index in [1.165, 1.54) is 10.6 Å². The van der Waals surface area contributed by atoms with Crippen molar-refractivity contribution < 1.29 is 14.4 Å². The lowest BCUT2D eigenvalue weighted by Gasteiger charge is -2.15. The molecule has 31 heavy (non-hydrogen) atoms. The molecule has 2 N–H and O–H groups in total. The Hall–Kier alpha value is -3.48. The third kappa shape index (κ3) is 4.82. The maximum Gasteiger partial charge on any atom is 0.272 e. The first kappa shape index (κ1) is 22.2. The van der Waals surface area contributed by atoms with Crippen LogP contribution in [-0.4, -0.2) is 34.2 Å². The van der Waals surface area contributed by atoms with Gasteiger partial charge in [-0.05, 0) is 58.7 Å². The molecule has 156 valence electrons. The van der Waals surface area contributed by atoms with Crippen LogP contribution >= 0.6 is 27.5 Å². The highest BCUT2D eigenvalue weighted by atomic mass is 79.9. The average Bonchev–Trinajstić information content (AvgIpc) is 3.14. The van der Waals surface area contributed by atoms with Gasteiger partial charge in [0.1, 0.15) is 12.0 Å². The number of carbonyl (C=O) groups excluding carboxylic acids is 3. The number of amides is 2. The second-order valence-electron chi connectivity index (χ2n) is 6.38. The third-order valence-corrected chi connectivity index (χ3v) is 5.01. The molecule has 0 saturated carbocycles. The fourth-order valence-electron chi connectivity index (χ4n) is 2.94. The van der Waals surface area contributed by atoms with Gasteiger partial charge in [-0.1, -0.05) is 11.6 Å². The van der Waals surface area contributed by atoms with Gasteiger partial charge in [0, 0.05) is 16.9 Å². The van der Waals surface area contributed by atoms with Gasteiger partial charge in [-0.25, -0.2) is 4.98 Å². The molecule has 2 amide bonds. The van der Waals surface area contributed by atoms with Crippen molar-refractivity contribution in [1.29, 1.82) is 5.26 Å². The van der Waals surface area contributed by atoms with E-state index in [1.54, 1.807) is 43.6 Å². The van der Waals surface area contributed by atoms with Crippen molar-refractivity contribution in [1.82, 2.24) is 14.9 Å². The predicted octanol–water partition coefficient (Wildman–Crippen LogP) is 3.65. The first-order valence-corrected chi connectivity index (χ1v) is 10.1. The maximum absolute atomic E-state index is 13.2. The van der Waals surface area contributed by atoms with Crippen LogP contribution in [0.15, 0.2) is 47.2 Å². The molecule has 3 rings (SSSR count). The molecule has 3 aromatic rings. The number of aromatic nitrogens is 2. The number of aldehydes is 1. The van der Waals surface area contributed by atoms with Gasteiger partial charge in [0.05, 0.1) is 34.5 Å². The van der Waals surface area contributed by atoms with E-state index in [0.29, 0.717) is 27.2 Å². The van der Waals surface area contributed by atoms with E-state index >= 15 is 0 Å². The minimum absolute atomic E-state index is 0.0693. The Morgan fingerprint density at radius 3 is 2.77 bits per heavy atom. The first-order valence-electron chi connectivity index (χ1n) is 8.92. The third-order valence-electron chi connectivity index (χ3n) is 4.28. The van der Waals surface area contributed by atoms with Gasteiger partial charge in [-0.3, -0.25) is 14.2 Å². The molecule has 0 atom stereocenters. The largest absolute Gasteiger partial charge is 0.345 e. The van der Waals surface area contributed by atoms with Gasteiger partial charge in [0.2, 0.25) is 0 Å². The number of benzene rings is 1. The molecular weight excluding hydrogens is 486 g/mol. The SMILES string of the molecule is Cc1cc(C#N)cc(C(=O)NCC=O)c1NC(=O)c1cc(Br)cn1-c1ncccc1Cl. The lowest BCUT2D eigenvalue weighted by molar-refractivity contribution is -0.107. The molecule has 0 radical (unpaired) electrons. The fourth-order valence-corrected chi connectivity index (χ4v) is 3.57. The van der Waals surface area contributed by atoms with E-state index in [2.05, 4.69) is 31.5 Å². The molecular formula is C21H15BrClN5O3. The Labute approximate surface area is 191 Å². The highest BCUT2D eigenvalue weighted by Crippen LogP contribution is 2.27. The molecule has 0 saturated heterocycles. The molecule has 10 heteroatoms. The van der Waals surface area contributed by atoms with Crippen LogP contribution in [0.3, 0.4) is 0 Å². The zero-order valence-electron chi connectivity index (χ0n) is 16.1. The summed E-state index contributed by atoms with van der Waals surface area (Å²) >= 11 is 9.59. The summed E-state index contributed by atoms with van der Waals surface area (Å²) in [5, 5.41) is 14.7. The molecule has 0 unspecified atom stereocenters. The van der Waals surface area contributed by atoms with Crippen molar-refractivity contribution in [3.05, 3.63) is 74.6 Å². The minimum atomic E-state index is -0.591. The summed E-state index contributed by atoms with van der Waals surface area (Å²) in [6, 6.07) is 9.80. The standard InChI is InChI=1S/C21H15BrClN5O3/c1-12-7-13(10-24)8-15(20(30)26-5-6-29)18(12)27-21(31)17-9-14(22)11-28(17)19-16(23)3-2-4-25-19/h2-4,6-9,11H,5H2,1H3,(H,26,30)(H,27,31). The van der Waals surface area contributed by atoms with Gasteiger partial charge in [0.15, 0.2) is 5.82 Å². The summed E-state index contributed by atoms with van der Waals surface area (Å²) in [5.74, 6) is -0.753. The quantitative estimate of drug-likeness (QED) is 0.501. The zero-order valence-corrected chi connectivity index (χ0v) is 18.5. The second kappa shape index (κ2) is 9.55. The van der Waals surface area contributed by atoms with Crippen LogP contribution in [-0.2, 0) is 4.79 Å². The van der Waals surface area contributed by atoms with Crippen LogP contribution in [0.4, 0.5) is 5.69 Å². The molecule has 0 bridgehead atoms. The number of halogens is 2. The molecule has 1 aromatic carbocycles. The van der Waals surface area contributed by atoms with E-state index in [0.717, 1.165) is 0 Å². The van der Waals surface area contributed by atoms with E-state index in [4.69, 9.17) is 11.6 Å². The minimum Gasteiger partial charge on any atom is -0.345 e. The predicted molar refractivity (Wildman–Crippen MR) is 119 cm³/mol. The van der Waals surface area contributed by atoms with Gasteiger partial charge in [-0.15, -0.1) is 0 Å². The van der Waals surface area contributed by atoms with Crippen LogP contribution in [0.25, 0.3) is 5.82 Å². The molecule has 2 heterocycles. The zero-order chi connectivity index (χ0) is 22.5. The van der Waals surface area contributed by atoms with Crippen LogP contribution in [0, 0.1) is 18.3 Å². The Morgan fingerprint density at radius 1 is 1.32 bits per heavy atom. The summed E-state index contributed by atoms with van der Waals surface area (Å²) in [7, 11) is 0. The van der Waals surface area contributed by atoms with Crippen LogP contribution in [0.5, 0.6) is 0 Å². The number of aryl methyl sites for hydroxylation is 1. The van der Waals surface area contributed by atoms with E-state index in [9.17, 15) is 19.6 Å². The number of nitrogens with zero attached hydrogens (tertiary/aromatic N) is 3. The molecule has 0 spiro atoms. The highest BCUT2D eigenvalue weighted by Gasteiger charge is 2.21. The number of anilines is 1. The number of carbonyl (C=O) groups is 3. The lowest BCUT2D eigenvalue weighted by atomic mass is 10.0. The van der Waals surface area contributed by atoms with Crippen molar-refractivity contribution >= 4 is 51.3 Å².